The topological polar surface area (TPSA) is 151 Å². The Morgan fingerprint density at radius 3 is 2.00 bits per heavy atom. The molecular weight excluding hydrogens is 652 g/mol. The second kappa shape index (κ2) is 13.4. The first kappa shape index (κ1) is 34.9. The molecule has 2 heterocycles. The molecule has 51 heavy (non-hydrogen) atoms. The van der Waals surface area contributed by atoms with Crippen molar-refractivity contribution in [2.24, 2.45) is 0 Å². The summed E-state index contributed by atoms with van der Waals surface area (Å²) in [7, 11) is 0. The van der Waals surface area contributed by atoms with E-state index >= 15 is 0 Å². The number of carbonyl (C=O) groups excluding carboxylic acids is 3. The largest absolute Gasteiger partial charge is 0.480 e. The number of fused-ring (bicyclic) bond motifs is 4. The van der Waals surface area contributed by atoms with Crippen LogP contribution in [0.25, 0.3) is 33.3 Å². The highest BCUT2D eigenvalue weighted by molar-refractivity contribution is 6.01. The zero-order valence-electron chi connectivity index (χ0n) is 29.3. The molecule has 0 unspecified atom stereocenters. The molecule has 0 saturated carbocycles. The lowest BCUT2D eigenvalue weighted by Gasteiger charge is -2.20. The molecule has 0 spiro atoms. The number of benzene rings is 3. The van der Waals surface area contributed by atoms with E-state index in [9.17, 15) is 24.3 Å². The van der Waals surface area contributed by atoms with Crippen molar-refractivity contribution >= 4 is 35.2 Å². The smallest absolute Gasteiger partial charge is 0.435 e. The van der Waals surface area contributed by atoms with Gasteiger partial charge in [-0.15, -0.1) is 0 Å². The minimum Gasteiger partial charge on any atom is -0.480 e. The minimum absolute atomic E-state index is 0.0173. The summed E-state index contributed by atoms with van der Waals surface area (Å²) >= 11 is 0. The van der Waals surface area contributed by atoms with Crippen LogP contribution in [0.2, 0.25) is 0 Å². The van der Waals surface area contributed by atoms with Gasteiger partial charge in [-0.2, -0.15) is 9.78 Å². The van der Waals surface area contributed by atoms with Crippen molar-refractivity contribution in [1.29, 1.82) is 0 Å². The molecule has 12 heteroatoms. The van der Waals surface area contributed by atoms with Crippen LogP contribution < -0.4 is 5.32 Å². The van der Waals surface area contributed by atoms with Gasteiger partial charge in [0.05, 0.1) is 11.2 Å². The SMILES string of the molecule is CC(C)(C)OC(=O)n1ccc(-c2cccc3c(C[C@H](NC(=O)OCC4c5ccccc5-c5ccccc54)C(=O)O)cn(C(=O)OC(C)(C)C)c23)n1. The van der Waals surface area contributed by atoms with Crippen LogP contribution in [0.1, 0.15) is 64.2 Å². The number of carbonyl (C=O) groups is 4. The number of rotatable bonds is 7. The van der Waals surface area contributed by atoms with Crippen LogP contribution in [-0.4, -0.2) is 67.6 Å². The third-order valence-electron chi connectivity index (χ3n) is 8.30. The summed E-state index contributed by atoms with van der Waals surface area (Å²) in [4.78, 5) is 51.9. The molecule has 0 radical (unpaired) electrons. The van der Waals surface area contributed by atoms with Gasteiger partial charge in [0.1, 0.15) is 23.9 Å². The van der Waals surface area contributed by atoms with Gasteiger partial charge in [0.25, 0.3) is 0 Å². The quantitative estimate of drug-likeness (QED) is 0.164. The summed E-state index contributed by atoms with van der Waals surface area (Å²) in [6.07, 6.45) is 0.530. The summed E-state index contributed by atoms with van der Waals surface area (Å²) in [6.45, 7) is 10.5. The Morgan fingerprint density at radius 2 is 1.39 bits per heavy atom. The molecule has 3 aromatic carbocycles. The van der Waals surface area contributed by atoms with Gasteiger partial charge < -0.3 is 24.6 Å². The van der Waals surface area contributed by atoms with Crippen molar-refractivity contribution in [3.8, 4) is 22.4 Å². The van der Waals surface area contributed by atoms with Gasteiger partial charge in [0.2, 0.25) is 0 Å². The number of nitrogens with zero attached hydrogens (tertiary/aromatic N) is 3. The van der Waals surface area contributed by atoms with Crippen LogP contribution in [0, 0.1) is 0 Å². The summed E-state index contributed by atoms with van der Waals surface area (Å²) < 4.78 is 19.1. The number of aromatic nitrogens is 3. The molecule has 0 aliphatic heterocycles. The maximum absolute atomic E-state index is 13.6. The van der Waals surface area contributed by atoms with E-state index in [1.54, 1.807) is 65.8 Å². The molecular formula is C39H40N4O8. The summed E-state index contributed by atoms with van der Waals surface area (Å²) in [5, 5.41) is 17.7. The van der Waals surface area contributed by atoms with Gasteiger partial charge in [0.15, 0.2) is 0 Å². The fourth-order valence-corrected chi connectivity index (χ4v) is 6.26. The van der Waals surface area contributed by atoms with E-state index in [1.165, 1.54) is 17.0 Å². The van der Waals surface area contributed by atoms with Gasteiger partial charge in [-0.1, -0.05) is 66.7 Å². The molecule has 0 bridgehead atoms. The third-order valence-corrected chi connectivity index (χ3v) is 8.30. The number of carboxylic acid groups (broad SMARTS) is 1. The maximum atomic E-state index is 13.6. The fourth-order valence-electron chi connectivity index (χ4n) is 6.26. The highest BCUT2D eigenvalue weighted by Crippen LogP contribution is 2.44. The molecule has 1 atom stereocenters. The predicted molar refractivity (Wildman–Crippen MR) is 190 cm³/mol. The number of hydrogen-bond donors (Lipinski definition) is 2. The second-order valence-electron chi connectivity index (χ2n) is 14.4. The van der Waals surface area contributed by atoms with Crippen molar-refractivity contribution in [3.63, 3.8) is 0 Å². The first-order valence-corrected chi connectivity index (χ1v) is 16.6. The molecule has 1 amide bonds. The summed E-state index contributed by atoms with van der Waals surface area (Å²) in [5.74, 6) is -1.48. The van der Waals surface area contributed by atoms with E-state index in [1.807, 2.05) is 48.5 Å². The average molecular weight is 693 g/mol. The molecule has 0 saturated heterocycles. The minimum atomic E-state index is -1.40. The molecule has 2 N–H and O–H groups in total. The Bertz CT molecular complexity index is 2100. The van der Waals surface area contributed by atoms with Crippen molar-refractivity contribution < 1.29 is 38.5 Å². The Balaban J connectivity index is 1.27. The van der Waals surface area contributed by atoms with Crippen molar-refractivity contribution in [2.45, 2.75) is 71.1 Å². The number of hydrogen-bond acceptors (Lipinski definition) is 8. The summed E-state index contributed by atoms with van der Waals surface area (Å²) in [5.41, 5.74) is 4.33. The Morgan fingerprint density at radius 1 is 0.804 bits per heavy atom. The number of ether oxygens (including phenoxy) is 3. The summed E-state index contributed by atoms with van der Waals surface area (Å²) in [6, 6.07) is 21.3. The number of carboxylic acids is 1. The normalized spacial score (nSPS) is 13.3. The average Bonchev–Trinajstić information content (AvgIpc) is 3.77. The van der Waals surface area contributed by atoms with E-state index in [0.29, 0.717) is 27.7 Å². The Hall–Kier alpha value is -5.91. The second-order valence-corrected chi connectivity index (χ2v) is 14.4. The number of para-hydroxylation sites is 1. The van der Waals surface area contributed by atoms with Crippen LogP contribution in [0.15, 0.2) is 85.2 Å². The Labute approximate surface area is 294 Å². The molecule has 6 rings (SSSR count). The van der Waals surface area contributed by atoms with Gasteiger partial charge >= 0.3 is 24.2 Å². The van der Waals surface area contributed by atoms with E-state index in [0.717, 1.165) is 26.9 Å². The van der Waals surface area contributed by atoms with Gasteiger partial charge in [0, 0.05) is 35.7 Å². The van der Waals surface area contributed by atoms with Crippen molar-refractivity contribution in [1.82, 2.24) is 19.7 Å². The molecule has 0 fully saturated rings. The zero-order valence-corrected chi connectivity index (χ0v) is 29.3. The zero-order chi connectivity index (χ0) is 36.7. The molecule has 1 aliphatic rings. The van der Waals surface area contributed by atoms with Crippen LogP contribution in [0.4, 0.5) is 14.4 Å². The van der Waals surface area contributed by atoms with Crippen LogP contribution >= 0.6 is 0 Å². The lowest BCUT2D eigenvalue weighted by atomic mass is 9.98. The monoisotopic (exact) mass is 692 g/mol. The first-order valence-electron chi connectivity index (χ1n) is 16.6. The van der Waals surface area contributed by atoms with E-state index < -0.39 is 41.5 Å². The van der Waals surface area contributed by atoms with E-state index in [4.69, 9.17) is 14.2 Å². The number of nitrogens with one attached hydrogen (secondary N) is 1. The highest BCUT2D eigenvalue weighted by atomic mass is 16.6. The van der Waals surface area contributed by atoms with Crippen LogP contribution in [0.3, 0.4) is 0 Å². The van der Waals surface area contributed by atoms with Gasteiger partial charge in [-0.25, -0.2) is 19.2 Å². The van der Waals surface area contributed by atoms with Crippen molar-refractivity contribution in [2.75, 3.05) is 6.61 Å². The fraction of sp³-hybridized carbons (Fsp3) is 0.308. The molecule has 264 valence electrons. The number of alkyl carbamates (subject to hydrolysis) is 1. The predicted octanol–water partition coefficient (Wildman–Crippen LogP) is 7.61. The van der Waals surface area contributed by atoms with Crippen LogP contribution in [0.5, 0.6) is 0 Å². The molecule has 12 nitrogen and oxygen atoms in total. The highest BCUT2D eigenvalue weighted by Gasteiger charge is 2.31. The third kappa shape index (κ3) is 7.49. The van der Waals surface area contributed by atoms with E-state index in [2.05, 4.69) is 10.4 Å². The van der Waals surface area contributed by atoms with Crippen LogP contribution in [-0.2, 0) is 25.4 Å². The lowest BCUT2D eigenvalue weighted by molar-refractivity contribution is -0.139. The lowest BCUT2D eigenvalue weighted by Crippen LogP contribution is -2.42. The molecule has 2 aromatic heterocycles. The number of amides is 1. The Kier molecular flexibility index (Phi) is 9.20. The van der Waals surface area contributed by atoms with Gasteiger partial charge in [-0.3, -0.25) is 4.57 Å². The maximum Gasteiger partial charge on any atom is 0.435 e. The first-order chi connectivity index (χ1) is 24.1. The van der Waals surface area contributed by atoms with Crippen molar-refractivity contribution in [3.05, 3.63) is 102 Å². The number of aliphatic carboxylic acids is 1. The van der Waals surface area contributed by atoms with Gasteiger partial charge in [-0.05, 0) is 75.4 Å². The standard InChI is InChI=1S/C39H40N4O8/c1-38(2,3)50-36(47)42-21-23(24-16-11-17-29(33(24)42)31-18-19-43(41-31)37(48)51-39(4,5)6)20-32(34(44)45)40-35(46)49-22-30-27-14-9-7-12-25(27)26-13-8-10-15-28(26)30/h7-19,21,30,32H,20,22H2,1-6H3,(H,40,46)(H,44,45)/t32-/m0/s1. The van der Waals surface area contributed by atoms with E-state index in [-0.39, 0.29) is 18.9 Å². The molecule has 5 aromatic rings. The molecule has 1 aliphatic carbocycles.